The van der Waals surface area contributed by atoms with Crippen LogP contribution in [-0.4, -0.2) is 26.2 Å². The van der Waals surface area contributed by atoms with Crippen LogP contribution in [0.2, 0.25) is 5.02 Å². The van der Waals surface area contributed by atoms with Gasteiger partial charge in [-0.15, -0.1) is 0 Å². The Morgan fingerprint density at radius 1 is 1.10 bits per heavy atom. The minimum absolute atomic E-state index is 0.00122. The Morgan fingerprint density at radius 2 is 1.77 bits per heavy atom. The Kier molecular flexibility index (Phi) is 6.22. The largest absolute Gasteiger partial charge is 0.481 e. The molecular formula is C29H25ClFN3O5. The second-order valence-corrected chi connectivity index (χ2v) is 11.1. The summed E-state index contributed by atoms with van der Waals surface area (Å²) in [7, 11) is 0. The van der Waals surface area contributed by atoms with E-state index in [4.69, 9.17) is 26.1 Å². The van der Waals surface area contributed by atoms with E-state index in [0.29, 0.717) is 22.7 Å². The number of halogens is 2. The fourth-order valence-corrected chi connectivity index (χ4v) is 4.78. The molecule has 0 unspecified atom stereocenters. The number of nitro groups is 1. The van der Waals surface area contributed by atoms with Crippen LogP contribution in [0.15, 0.2) is 60.7 Å². The maximum Gasteiger partial charge on any atom is 0.420 e. The highest BCUT2D eigenvalue weighted by Crippen LogP contribution is 2.48. The molecule has 0 radical (unpaired) electrons. The van der Waals surface area contributed by atoms with Crippen LogP contribution in [0.5, 0.6) is 5.75 Å². The van der Waals surface area contributed by atoms with Crippen LogP contribution >= 0.6 is 11.6 Å². The highest BCUT2D eigenvalue weighted by atomic mass is 35.5. The number of rotatable bonds is 3. The molecule has 0 spiro atoms. The van der Waals surface area contributed by atoms with Crippen molar-refractivity contribution in [1.82, 2.24) is 9.55 Å². The lowest BCUT2D eigenvalue weighted by Gasteiger charge is -2.32. The van der Waals surface area contributed by atoms with E-state index in [0.717, 1.165) is 11.1 Å². The number of fused-ring (bicyclic) bond motifs is 3. The van der Waals surface area contributed by atoms with E-state index >= 15 is 4.39 Å². The van der Waals surface area contributed by atoms with Crippen molar-refractivity contribution in [2.75, 3.05) is 0 Å². The highest BCUT2D eigenvalue weighted by molar-refractivity contribution is 6.33. The molecular weight excluding hydrogens is 525 g/mol. The normalized spacial score (nSPS) is 13.7. The number of aromatic nitrogens is 2. The van der Waals surface area contributed by atoms with Gasteiger partial charge in [0.15, 0.2) is 5.82 Å². The molecule has 2 heterocycles. The summed E-state index contributed by atoms with van der Waals surface area (Å²) in [5, 5.41) is 11.1. The lowest BCUT2D eigenvalue weighted by atomic mass is 9.93. The molecule has 0 atom stereocenters. The molecule has 39 heavy (non-hydrogen) atoms. The number of carbonyl (C=O) groups is 1. The molecule has 1 aliphatic heterocycles. The summed E-state index contributed by atoms with van der Waals surface area (Å²) in [6.45, 7) is 8.81. The molecule has 10 heteroatoms. The molecule has 0 aliphatic carbocycles. The zero-order valence-electron chi connectivity index (χ0n) is 21.9. The first-order valence-electron chi connectivity index (χ1n) is 12.2. The van der Waals surface area contributed by atoms with Crippen molar-refractivity contribution < 1.29 is 23.6 Å². The minimum atomic E-state index is -1.02. The van der Waals surface area contributed by atoms with Gasteiger partial charge in [-0.2, -0.15) is 0 Å². The highest BCUT2D eigenvalue weighted by Gasteiger charge is 2.41. The quantitative estimate of drug-likeness (QED) is 0.190. The smallest absolute Gasteiger partial charge is 0.420 e. The summed E-state index contributed by atoms with van der Waals surface area (Å²) in [4.78, 5) is 28.9. The Morgan fingerprint density at radius 3 is 2.38 bits per heavy atom. The number of ether oxygens (including phenoxy) is 2. The lowest BCUT2D eigenvalue weighted by molar-refractivity contribution is -0.384. The molecule has 200 valence electrons. The Balaban J connectivity index is 1.75. The Labute approximate surface area is 229 Å². The molecule has 0 fully saturated rings. The number of hydrogen-bond donors (Lipinski definition) is 0. The van der Waals surface area contributed by atoms with Gasteiger partial charge in [-0.1, -0.05) is 23.7 Å². The van der Waals surface area contributed by atoms with Gasteiger partial charge in [-0.25, -0.2) is 18.7 Å². The molecule has 1 aliphatic rings. The van der Waals surface area contributed by atoms with Crippen molar-refractivity contribution in [2.45, 2.75) is 45.8 Å². The molecule has 0 saturated heterocycles. The predicted octanol–water partition coefficient (Wildman–Crippen LogP) is 8.00. The topological polar surface area (TPSA) is 96.5 Å². The second kappa shape index (κ2) is 9.20. The monoisotopic (exact) mass is 549 g/mol. The average molecular weight is 550 g/mol. The fraction of sp³-hybridized carbons (Fsp3) is 0.241. The number of hydrogen-bond acceptors (Lipinski definition) is 6. The standard InChI is InChI=1S/C29H25ClFN3O5/c1-28(2,3)39-27(35)33-24-19-14-11-17(16-9-12-18(13-10-16)34(36)37)15-22(19)38-29(4,5)25(24)32-26(33)23-20(30)7-6-8-21(23)31/h6-15H,1-5H3. The van der Waals surface area contributed by atoms with Crippen LogP contribution in [0.4, 0.5) is 14.9 Å². The second-order valence-electron chi connectivity index (χ2n) is 10.7. The van der Waals surface area contributed by atoms with Crippen molar-refractivity contribution in [3.05, 3.63) is 87.3 Å². The molecule has 0 bridgehead atoms. The summed E-state index contributed by atoms with van der Waals surface area (Å²) in [5.41, 5.74) is 0.965. The van der Waals surface area contributed by atoms with Crippen molar-refractivity contribution in [1.29, 1.82) is 0 Å². The third kappa shape index (κ3) is 4.74. The zero-order valence-corrected chi connectivity index (χ0v) is 22.7. The van der Waals surface area contributed by atoms with Crippen LogP contribution in [0.25, 0.3) is 33.8 Å². The first kappa shape index (κ1) is 26.4. The van der Waals surface area contributed by atoms with Gasteiger partial charge in [-0.3, -0.25) is 10.1 Å². The van der Waals surface area contributed by atoms with E-state index in [1.807, 2.05) is 6.07 Å². The summed E-state index contributed by atoms with van der Waals surface area (Å²) < 4.78 is 28.4. The van der Waals surface area contributed by atoms with Gasteiger partial charge < -0.3 is 9.47 Å². The third-order valence-corrected chi connectivity index (χ3v) is 6.54. The molecule has 8 nitrogen and oxygen atoms in total. The van der Waals surface area contributed by atoms with Crippen LogP contribution in [0.3, 0.4) is 0 Å². The van der Waals surface area contributed by atoms with Crippen LogP contribution < -0.4 is 4.74 Å². The van der Waals surface area contributed by atoms with E-state index in [-0.39, 0.29) is 22.1 Å². The van der Waals surface area contributed by atoms with E-state index in [9.17, 15) is 14.9 Å². The first-order chi connectivity index (χ1) is 18.3. The molecule has 1 aromatic heterocycles. The van der Waals surface area contributed by atoms with Gasteiger partial charge in [0.2, 0.25) is 0 Å². The van der Waals surface area contributed by atoms with Crippen molar-refractivity contribution in [2.24, 2.45) is 0 Å². The number of carbonyl (C=O) groups excluding carboxylic acids is 1. The summed E-state index contributed by atoms with van der Waals surface area (Å²) in [5.74, 6) is -0.178. The predicted molar refractivity (Wildman–Crippen MR) is 145 cm³/mol. The third-order valence-electron chi connectivity index (χ3n) is 6.22. The number of nitrogens with zero attached hydrogens (tertiary/aromatic N) is 3. The molecule has 3 aromatic carbocycles. The molecule has 5 rings (SSSR count). The summed E-state index contributed by atoms with van der Waals surface area (Å²) in [6.07, 6.45) is -0.742. The zero-order chi connectivity index (χ0) is 28.3. The molecule has 4 aromatic rings. The maximum atomic E-state index is 15.1. The summed E-state index contributed by atoms with van der Waals surface area (Å²) >= 11 is 6.41. The maximum absolute atomic E-state index is 15.1. The van der Waals surface area contributed by atoms with Crippen LogP contribution in [-0.2, 0) is 10.3 Å². The van der Waals surface area contributed by atoms with Crippen LogP contribution in [0.1, 0.15) is 40.3 Å². The van der Waals surface area contributed by atoms with Gasteiger partial charge in [-0.05, 0) is 82.1 Å². The molecule has 0 N–H and O–H groups in total. The number of benzene rings is 3. The van der Waals surface area contributed by atoms with Crippen molar-refractivity contribution in [3.8, 4) is 39.5 Å². The Bertz CT molecular complexity index is 1620. The number of non-ortho nitro benzene ring substituents is 1. The van der Waals surface area contributed by atoms with Gasteiger partial charge in [0, 0.05) is 17.7 Å². The number of imidazole rings is 1. The summed E-state index contributed by atoms with van der Waals surface area (Å²) in [6, 6.07) is 15.8. The molecule has 0 amide bonds. The van der Waals surface area contributed by atoms with E-state index in [1.165, 1.54) is 34.9 Å². The van der Waals surface area contributed by atoms with E-state index in [1.54, 1.807) is 58.9 Å². The van der Waals surface area contributed by atoms with Gasteiger partial charge in [0.1, 0.15) is 28.5 Å². The van der Waals surface area contributed by atoms with E-state index in [2.05, 4.69) is 0 Å². The van der Waals surface area contributed by atoms with E-state index < -0.39 is 28.0 Å². The lowest BCUT2D eigenvalue weighted by Crippen LogP contribution is -2.32. The molecule has 0 saturated carbocycles. The average Bonchev–Trinajstić information content (AvgIpc) is 3.24. The first-order valence-corrected chi connectivity index (χ1v) is 12.5. The van der Waals surface area contributed by atoms with Gasteiger partial charge in [0.25, 0.3) is 5.69 Å². The minimum Gasteiger partial charge on any atom is -0.481 e. The Hall–Kier alpha value is -4.24. The SMILES string of the molecule is CC(C)(C)OC(=O)n1c(-c2c(F)cccc2Cl)nc2c1-c1ccc(-c3ccc([N+](=O)[O-])cc3)cc1OC2(C)C. The van der Waals surface area contributed by atoms with Gasteiger partial charge >= 0.3 is 6.09 Å². The number of nitro benzene ring substituents is 1. The van der Waals surface area contributed by atoms with Crippen molar-refractivity contribution in [3.63, 3.8) is 0 Å². The fourth-order valence-electron chi connectivity index (χ4n) is 4.53. The van der Waals surface area contributed by atoms with Gasteiger partial charge in [0.05, 0.1) is 21.2 Å². The van der Waals surface area contributed by atoms with Crippen molar-refractivity contribution >= 4 is 23.4 Å². The van der Waals surface area contributed by atoms with Crippen LogP contribution in [0, 0.1) is 15.9 Å².